The lowest BCUT2D eigenvalue weighted by atomic mass is 10.1. The van der Waals surface area contributed by atoms with Crippen LogP contribution in [0.4, 0.5) is 11.4 Å². The predicted molar refractivity (Wildman–Crippen MR) is 85.6 cm³/mol. The summed E-state index contributed by atoms with van der Waals surface area (Å²) in [6, 6.07) is 4.51. The second-order valence-corrected chi connectivity index (χ2v) is 4.68. The Hall–Kier alpha value is -3.28. The number of nitrogens with two attached hydrogens (primary N) is 2. The standard InChI is InChI=1S/C12H17N7O5/c13-10(2-1-7-15-12(14)17-19(23)24)11(20)16-8-3-5-9(6-4-8)18(21)22/h3-6,10H,1-2,7,13H2,(H,16,20)(H3,14,15,17). The lowest BCUT2D eigenvalue weighted by Gasteiger charge is -2.11. The molecule has 12 nitrogen and oxygen atoms in total. The van der Waals surface area contributed by atoms with Gasteiger partial charge in [0.1, 0.15) is 0 Å². The van der Waals surface area contributed by atoms with Crippen LogP contribution < -0.4 is 22.2 Å². The number of carbonyl (C=O) groups is 1. The van der Waals surface area contributed by atoms with Gasteiger partial charge in [-0.05, 0) is 25.0 Å². The van der Waals surface area contributed by atoms with E-state index in [9.17, 15) is 25.0 Å². The molecule has 24 heavy (non-hydrogen) atoms. The average Bonchev–Trinajstić information content (AvgIpc) is 2.51. The maximum absolute atomic E-state index is 11.9. The Bertz CT molecular complexity index is 631. The van der Waals surface area contributed by atoms with Gasteiger partial charge in [-0.3, -0.25) is 14.9 Å². The summed E-state index contributed by atoms with van der Waals surface area (Å²) in [4.78, 5) is 35.7. The van der Waals surface area contributed by atoms with Gasteiger partial charge in [0.15, 0.2) is 5.03 Å². The van der Waals surface area contributed by atoms with Gasteiger partial charge in [-0.15, -0.1) is 0 Å². The van der Waals surface area contributed by atoms with E-state index >= 15 is 0 Å². The number of rotatable bonds is 8. The highest BCUT2D eigenvalue weighted by molar-refractivity contribution is 5.94. The molecule has 0 aromatic heterocycles. The zero-order valence-corrected chi connectivity index (χ0v) is 12.5. The molecule has 1 unspecified atom stereocenters. The number of guanidine groups is 1. The third-order valence-corrected chi connectivity index (χ3v) is 2.84. The van der Waals surface area contributed by atoms with E-state index in [0.717, 1.165) is 0 Å². The van der Waals surface area contributed by atoms with Crippen LogP contribution in [0.25, 0.3) is 0 Å². The number of aliphatic imine (C=N–C) groups is 1. The number of benzene rings is 1. The van der Waals surface area contributed by atoms with E-state index in [-0.39, 0.29) is 24.6 Å². The summed E-state index contributed by atoms with van der Waals surface area (Å²) in [5.41, 5.74) is 12.9. The van der Waals surface area contributed by atoms with Gasteiger partial charge in [-0.2, -0.15) is 0 Å². The largest absolute Gasteiger partial charge is 0.365 e. The molecule has 0 aliphatic rings. The molecule has 0 saturated carbocycles. The minimum Gasteiger partial charge on any atom is -0.365 e. The Morgan fingerprint density at radius 1 is 1.25 bits per heavy atom. The molecule has 0 bridgehead atoms. The monoisotopic (exact) mass is 339 g/mol. The third-order valence-electron chi connectivity index (χ3n) is 2.84. The molecule has 130 valence electrons. The number of hydrogen-bond donors (Lipinski definition) is 4. The second kappa shape index (κ2) is 8.99. The van der Waals surface area contributed by atoms with Crippen LogP contribution in [-0.2, 0) is 4.79 Å². The fourth-order valence-corrected chi connectivity index (χ4v) is 1.67. The van der Waals surface area contributed by atoms with Crippen molar-refractivity contribution in [3.05, 3.63) is 44.5 Å². The maximum Gasteiger partial charge on any atom is 0.269 e. The van der Waals surface area contributed by atoms with Gasteiger partial charge >= 0.3 is 0 Å². The van der Waals surface area contributed by atoms with E-state index in [2.05, 4.69) is 10.3 Å². The summed E-state index contributed by atoms with van der Waals surface area (Å²) in [5, 5.41) is 22.3. The van der Waals surface area contributed by atoms with Crippen LogP contribution in [0.5, 0.6) is 0 Å². The topological polar surface area (TPSA) is 192 Å². The summed E-state index contributed by atoms with van der Waals surface area (Å²) >= 11 is 0. The zero-order valence-electron chi connectivity index (χ0n) is 12.5. The summed E-state index contributed by atoms with van der Waals surface area (Å²) in [6.45, 7) is 0.172. The van der Waals surface area contributed by atoms with E-state index in [1.807, 2.05) is 0 Å². The highest BCUT2D eigenvalue weighted by Gasteiger charge is 2.14. The molecule has 0 radical (unpaired) electrons. The Kier molecular flexibility index (Phi) is 7.03. The highest BCUT2D eigenvalue weighted by atomic mass is 16.7. The number of nitrogens with one attached hydrogen (secondary N) is 2. The number of hydrogen-bond acceptors (Lipinski definition) is 7. The van der Waals surface area contributed by atoms with Crippen molar-refractivity contribution in [1.29, 1.82) is 0 Å². The van der Waals surface area contributed by atoms with E-state index in [4.69, 9.17) is 11.5 Å². The average molecular weight is 339 g/mol. The second-order valence-electron chi connectivity index (χ2n) is 4.68. The lowest BCUT2D eigenvalue weighted by Crippen LogP contribution is -2.37. The number of carbonyl (C=O) groups excluding carboxylic acids is 1. The van der Waals surface area contributed by atoms with Crippen molar-refractivity contribution in [3.8, 4) is 0 Å². The number of non-ortho nitro benzene ring substituents is 1. The lowest BCUT2D eigenvalue weighted by molar-refractivity contribution is -0.525. The van der Waals surface area contributed by atoms with Gasteiger partial charge in [-0.1, -0.05) is 5.43 Å². The van der Waals surface area contributed by atoms with E-state index in [0.29, 0.717) is 12.1 Å². The first kappa shape index (κ1) is 18.8. The molecule has 0 fully saturated rings. The fourth-order valence-electron chi connectivity index (χ4n) is 1.67. The van der Waals surface area contributed by atoms with Crippen LogP contribution in [0, 0.1) is 20.2 Å². The van der Waals surface area contributed by atoms with E-state index < -0.39 is 21.9 Å². The number of nitro groups is 2. The summed E-state index contributed by atoms with van der Waals surface area (Å²) in [6.07, 6.45) is 0.684. The number of nitro benzene ring substituents is 1. The molecule has 1 amide bonds. The fraction of sp³-hybridized carbons (Fsp3) is 0.333. The molecular weight excluding hydrogens is 322 g/mol. The van der Waals surface area contributed by atoms with Crippen LogP contribution in [-0.4, -0.2) is 34.4 Å². The first-order valence-corrected chi connectivity index (χ1v) is 6.81. The summed E-state index contributed by atoms with van der Waals surface area (Å²) in [7, 11) is 0. The Morgan fingerprint density at radius 2 is 1.88 bits per heavy atom. The number of anilines is 1. The minimum atomic E-state index is -0.831. The molecule has 1 aromatic rings. The molecular formula is C12H17N7O5. The molecule has 0 spiro atoms. The minimum absolute atomic E-state index is 0.0870. The normalized spacial score (nSPS) is 12.3. The van der Waals surface area contributed by atoms with Gasteiger partial charge in [0.25, 0.3) is 11.6 Å². The van der Waals surface area contributed by atoms with Crippen LogP contribution in [0.15, 0.2) is 29.3 Å². The Morgan fingerprint density at radius 3 is 2.42 bits per heavy atom. The maximum atomic E-state index is 11.9. The first-order valence-electron chi connectivity index (χ1n) is 6.81. The van der Waals surface area contributed by atoms with Crippen LogP contribution >= 0.6 is 0 Å². The molecule has 0 aliphatic heterocycles. The van der Waals surface area contributed by atoms with Gasteiger partial charge in [0.2, 0.25) is 5.91 Å². The third kappa shape index (κ3) is 6.65. The quantitative estimate of drug-likeness (QED) is 0.163. The molecule has 6 N–H and O–H groups in total. The molecule has 0 heterocycles. The van der Waals surface area contributed by atoms with Gasteiger partial charge in [0, 0.05) is 24.4 Å². The smallest absolute Gasteiger partial charge is 0.269 e. The number of nitrogens with zero attached hydrogens (tertiary/aromatic N) is 3. The van der Waals surface area contributed by atoms with Crippen molar-refractivity contribution in [3.63, 3.8) is 0 Å². The SMILES string of the molecule is NC(=NCCCC(N)C(=O)Nc1ccc([N+](=O)[O-])cc1)N[N+](=O)[O-]. The number of amides is 1. The van der Waals surface area contributed by atoms with Crippen molar-refractivity contribution >= 4 is 23.2 Å². The molecule has 1 rings (SSSR count). The van der Waals surface area contributed by atoms with Crippen molar-refractivity contribution in [1.82, 2.24) is 5.43 Å². The van der Waals surface area contributed by atoms with Gasteiger partial charge in [0.05, 0.1) is 11.0 Å². The van der Waals surface area contributed by atoms with Gasteiger partial charge < -0.3 is 16.8 Å². The Labute approximate surface area is 136 Å². The molecule has 1 atom stereocenters. The van der Waals surface area contributed by atoms with Gasteiger partial charge in [-0.25, -0.2) is 15.1 Å². The van der Waals surface area contributed by atoms with Crippen molar-refractivity contribution in [2.75, 3.05) is 11.9 Å². The van der Waals surface area contributed by atoms with Crippen LogP contribution in [0.2, 0.25) is 0 Å². The van der Waals surface area contributed by atoms with Crippen molar-refractivity contribution < 1.29 is 14.8 Å². The predicted octanol–water partition coefficient (Wildman–Crippen LogP) is -0.263. The number of hydrazine groups is 1. The first-order chi connectivity index (χ1) is 11.3. The summed E-state index contributed by atoms with van der Waals surface area (Å²) < 4.78 is 0. The Balaban J connectivity index is 2.39. The molecule has 12 heteroatoms. The van der Waals surface area contributed by atoms with Crippen molar-refractivity contribution in [2.45, 2.75) is 18.9 Å². The zero-order chi connectivity index (χ0) is 18.1. The van der Waals surface area contributed by atoms with Crippen molar-refractivity contribution in [2.24, 2.45) is 16.5 Å². The van der Waals surface area contributed by atoms with Crippen LogP contribution in [0.3, 0.4) is 0 Å². The van der Waals surface area contributed by atoms with E-state index in [1.54, 1.807) is 5.43 Å². The highest BCUT2D eigenvalue weighted by Crippen LogP contribution is 2.15. The molecule has 0 aliphatic carbocycles. The van der Waals surface area contributed by atoms with E-state index in [1.165, 1.54) is 24.3 Å². The molecule has 0 saturated heterocycles. The molecule has 1 aromatic carbocycles. The summed E-state index contributed by atoms with van der Waals surface area (Å²) in [5.74, 6) is -0.784. The van der Waals surface area contributed by atoms with Crippen LogP contribution in [0.1, 0.15) is 12.8 Å².